The van der Waals surface area contributed by atoms with E-state index < -0.39 is 0 Å². The number of hydrogen-bond donors (Lipinski definition) is 2. The molecule has 0 radical (unpaired) electrons. The molecule has 2 aromatic rings. The molecule has 0 atom stereocenters. The number of carbonyl (C=O) groups excluding carboxylic acids is 2. The van der Waals surface area contributed by atoms with Gasteiger partial charge in [0.1, 0.15) is 0 Å². The third kappa shape index (κ3) is 6.04. The summed E-state index contributed by atoms with van der Waals surface area (Å²) in [6.45, 7) is 3.02. The highest BCUT2D eigenvalue weighted by atomic mass is 16.2. The van der Waals surface area contributed by atoms with Crippen molar-refractivity contribution in [1.82, 2.24) is 10.2 Å². The first-order valence-electron chi connectivity index (χ1n) is 8.49. The molecule has 0 aliphatic heterocycles. The number of benzene rings is 2. The number of para-hydroxylation sites is 1. The fraction of sp³-hybridized carbons (Fsp3) is 0.300. The second-order valence-corrected chi connectivity index (χ2v) is 5.98. The molecule has 132 valence electrons. The Morgan fingerprint density at radius 2 is 1.56 bits per heavy atom. The Labute approximate surface area is 149 Å². The number of nitrogens with zero attached hydrogens (tertiary/aromatic N) is 1. The fourth-order valence-electron chi connectivity index (χ4n) is 2.52. The molecule has 2 rings (SSSR count). The van der Waals surface area contributed by atoms with Gasteiger partial charge in [-0.25, -0.2) is 0 Å². The van der Waals surface area contributed by atoms with Gasteiger partial charge in [-0.05, 0) is 25.1 Å². The highest BCUT2D eigenvalue weighted by molar-refractivity contribution is 5.96. The van der Waals surface area contributed by atoms with E-state index in [1.807, 2.05) is 61.5 Å². The van der Waals surface area contributed by atoms with E-state index in [1.165, 1.54) is 0 Å². The van der Waals surface area contributed by atoms with Gasteiger partial charge in [-0.3, -0.25) is 14.5 Å². The Balaban J connectivity index is 1.96. The lowest BCUT2D eigenvalue weighted by atomic mass is 10.0. The largest absolute Gasteiger partial charge is 0.355 e. The van der Waals surface area contributed by atoms with Crippen LogP contribution in [0, 0.1) is 0 Å². The molecule has 0 spiro atoms. The molecule has 0 saturated heterocycles. The van der Waals surface area contributed by atoms with Crippen molar-refractivity contribution in [3.8, 4) is 11.1 Å². The molecule has 0 aromatic heterocycles. The van der Waals surface area contributed by atoms with Crippen LogP contribution >= 0.6 is 0 Å². The molecule has 0 saturated carbocycles. The first kappa shape index (κ1) is 18.7. The Bertz CT molecular complexity index is 701. The number of hydrogen-bond acceptors (Lipinski definition) is 3. The summed E-state index contributed by atoms with van der Waals surface area (Å²) in [4.78, 5) is 25.7. The van der Waals surface area contributed by atoms with E-state index in [2.05, 4.69) is 10.6 Å². The number of amides is 2. The second-order valence-electron chi connectivity index (χ2n) is 5.98. The lowest BCUT2D eigenvalue weighted by molar-refractivity contribution is -0.122. The van der Waals surface area contributed by atoms with Crippen molar-refractivity contribution in [2.45, 2.75) is 13.3 Å². The van der Waals surface area contributed by atoms with E-state index in [0.29, 0.717) is 6.54 Å². The molecule has 2 aromatic carbocycles. The van der Waals surface area contributed by atoms with Crippen LogP contribution in [-0.4, -0.2) is 43.4 Å². The highest BCUT2D eigenvalue weighted by Gasteiger charge is 2.12. The molecular weight excluding hydrogens is 314 g/mol. The summed E-state index contributed by atoms with van der Waals surface area (Å²) in [5.74, 6) is -0.212. The second kappa shape index (κ2) is 9.59. The molecule has 0 unspecified atom stereocenters. The van der Waals surface area contributed by atoms with Crippen LogP contribution in [0.5, 0.6) is 0 Å². The summed E-state index contributed by atoms with van der Waals surface area (Å²) in [7, 11) is 1.76. The van der Waals surface area contributed by atoms with Gasteiger partial charge in [0.15, 0.2) is 0 Å². The molecule has 0 aliphatic rings. The Morgan fingerprint density at radius 3 is 2.28 bits per heavy atom. The highest BCUT2D eigenvalue weighted by Crippen LogP contribution is 2.27. The van der Waals surface area contributed by atoms with Gasteiger partial charge in [0, 0.05) is 17.8 Å². The SMILES string of the molecule is CCCNC(=O)CN(C)CC(=O)Nc1ccccc1-c1ccccc1. The lowest BCUT2D eigenvalue weighted by Crippen LogP contribution is -2.39. The topological polar surface area (TPSA) is 61.4 Å². The zero-order valence-corrected chi connectivity index (χ0v) is 14.8. The van der Waals surface area contributed by atoms with Crippen molar-refractivity contribution < 1.29 is 9.59 Å². The molecule has 5 heteroatoms. The van der Waals surface area contributed by atoms with E-state index in [0.717, 1.165) is 23.2 Å². The van der Waals surface area contributed by atoms with E-state index in [1.54, 1.807) is 11.9 Å². The van der Waals surface area contributed by atoms with Gasteiger partial charge in [-0.15, -0.1) is 0 Å². The molecule has 2 amide bonds. The Morgan fingerprint density at radius 1 is 0.920 bits per heavy atom. The number of nitrogens with one attached hydrogen (secondary N) is 2. The minimum absolute atomic E-state index is 0.0677. The maximum absolute atomic E-state index is 12.3. The summed E-state index contributed by atoms with van der Waals surface area (Å²) in [5.41, 5.74) is 2.79. The summed E-state index contributed by atoms with van der Waals surface area (Å²) in [6.07, 6.45) is 0.895. The monoisotopic (exact) mass is 339 g/mol. The minimum Gasteiger partial charge on any atom is -0.355 e. The van der Waals surface area contributed by atoms with E-state index in [-0.39, 0.29) is 24.9 Å². The summed E-state index contributed by atoms with van der Waals surface area (Å²) in [6, 6.07) is 17.6. The average Bonchev–Trinajstić information content (AvgIpc) is 2.61. The number of carbonyl (C=O) groups is 2. The fourth-order valence-corrected chi connectivity index (χ4v) is 2.52. The van der Waals surface area contributed by atoms with Gasteiger partial charge in [0.05, 0.1) is 13.1 Å². The molecule has 0 aliphatic carbocycles. The van der Waals surface area contributed by atoms with Crippen LogP contribution in [0.15, 0.2) is 54.6 Å². The van der Waals surface area contributed by atoms with Gasteiger partial charge in [-0.1, -0.05) is 55.5 Å². The van der Waals surface area contributed by atoms with Gasteiger partial charge < -0.3 is 10.6 Å². The van der Waals surface area contributed by atoms with E-state index in [4.69, 9.17) is 0 Å². The Kier molecular flexibility index (Phi) is 7.16. The summed E-state index contributed by atoms with van der Waals surface area (Å²) >= 11 is 0. The van der Waals surface area contributed by atoms with Crippen molar-refractivity contribution in [3.63, 3.8) is 0 Å². The maximum atomic E-state index is 12.3. The standard InChI is InChI=1S/C20H25N3O2/c1-3-13-21-19(24)14-23(2)15-20(25)22-18-12-8-7-11-17(18)16-9-5-4-6-10-16/h4-12H,3,13-15H2,1-2H3,(H,21,24)(H,22,25). The predicted octanol–water partition coefficient (Wildman–Crippen LogP) is 2.75. The minimum atomic E-state index is -0.144. The van der Waals surface area contributed by atoms with Crippen LogP contribution in [-0.2, 0) is 9.59 Å². The van der Waals surface area contributed by atoms with Crippen LogP contribution in [0.3, 0.4) is 0 Å². The van der Waals surface area contributed by atoms with Crippen molar-refractivity contribution in [1.29, 1.82) is 0 Å². The molecule has 0 fully saturated rings. The number of likely N-dealkylation sites (N-methyl/N-ethyl adjacent to an activating group) is 1. The summed E-state index contributed by atoms with van der Waals surface area (Å²) < 4.78 is 0. The normalized spacial score (nSPS) is 10.5. The summed E-state index contributed by atoms with van der Waals surface area (Å²) in [5, 5.41) is 5.75. The van der Waals surface area contributed by atoms with Crippen LogP contribution < -0.4 is 10.6 Å². The average molecular weight is 339 g/mol. The van der Waals surface area contributed by atoms with Crippen LogP contribution in [0.2, 0.25) is 0 Å². The molecule has 0 bridgehead atoms. The van der Waals surface area contributed by atoms with Crippen LogP contribution in [0.1, 0.15) is 13.3 Å². The van der Waals surface area contributed by atoms with Gasteiger partial charge in [-0.2, -0.15) is 0 Å². The van der Waals surface area contributed by atoms with Gasteiger partial charge in [0.2, 0.25) is 11.8 Å². The third-order valence-corrected chi connectivity index (χ3v) is 3.69. The maximum Gasteiger partial charge on any atom is 0.238 e. The van der Waals surface area contributed by atoms with E-state index in [9.17, 15) is 9.59 Å². The molecular formula is C20H25N3O2. The van der Waals surface area contributed by atoms with Crippen molar-refractivity contribution >= 4 is 17.5 Å². The first-order valence-corrected chi connectivity index (χ1v) is 8.49. The first-order chi connectivity index (χ1) is 12.1. The number of anilines is 1. The lowest BCUT2D eigenvalue weighted by Gasteiger charge is -2.17. The Hall–Kier alpha value is -2.66. The van der Waals surface area contributed by atoms with E-state index >= 15 is 0 Å². The molecule has 25 heavy (non-hydrogen) atoms. The van der Waals surface area contributed by atoms with Crippen molar-refractivity contribution in [2.75, 3.05) is 32.0 Å². The quantitative estimate of drug-likeness (QED) is 0.777. The molecule has 2 N–H and O–H groups in total. The molecule has 5 nitrogen and oxygen atoms in total. The van der Waals surface area contributed by atoms with Crippen molar-refractivity contribution in [3.05, 3.63) is 54.6 Å². The number of rotatable bonds is 8. The van der Waals surface area contributed by atoms with Crippen LogP contribution in [0.25, 0.3) is 11.1 Å². The third-order valence-electron chi connectivity index (χ3n) is 3.69. The van der Waals surface area contributed by atoms with Gasteiger partial charge >= 0.3 is 0 Å². The zero-order chi connectivity index (χ0) is 18.1. The van der Waals surface area contributed by atoms with Crippen molar-refractivity contribution in [2.24, 2.45) is 0 Å². The zero-order valence-electron chi connectivity index (χ0n) is 14.8. The van der Waals surface area contributed by atoms with Gasteiger partial charge in [0.25, 0.3) is 0 Å². The smallest absolute Gasteiger partial charge is 0.238 e. The van der Waals surface area contributed by atoms with Crippen LogP contribution in [0.4, 0.5) is 5.69 Å². The predicted molar refractivity (Wildman–Crippen MR) is 101 cm³/mol. The molecule has 0 heterocycles.